The highest BCUT2D eigenvalue weighted by Gasteiger charge is 1.98. The van der Waals surface area contributed by atoms with E-state index < -0.39 is 0 Å². The average molecular weight is 182 g/mol. The molecule has 0 spiro atoms. The Balaban J connectivity index is 2.41. The zero-order chi connectivity index (χ0) is 9.68. The molecule has 1 N–H and O–H groups in total. The number of ether oxygens (including phenoxy) is 1. The summed E-state index contributed by atoms with van der Waals surface area (Å²) in [5.41, 5.74) is 0.550. The standard InChI is InChI=1S/C8H10N2O3/c1-6(11)4-13-5-7-2-3-9-8(12)10-7/h2-3H,4-5H2,1H3,(H,9,10,12). The van der Waals surface area contributed by atoms with Gasteiger partial charge in [0.2, 0.25) is 0 Å². The van der Waals surface area contributed by atoms with E-state index in [1.807, 2.05) is 0 Å². The molecule has 0 amide bonds. The van der Waals surface area contributed by atoms with Gasteiger partial charge in [-0.05, 0) is 13.0 Å². The molecule has 0 bridgehead atoms. The van der Waals surface area contributed by atoms with Gasteiger partial charge in [-0.3, -0.25) is 4.79 Å². The average Bonchev–Trinajstić information content (AvgIpc) is 2.03. The van der Waals surface area contributed by atoms with E-state index >= 15 is 0 Å². The van der Waals surface area contributed by atoms with Crippen molar-refractivity contribution in [3.05, 3.63) is 18.0 Å². The number of aromatic nitrogens is 2. The van der Waals surface area contributed by atoms with E-state index in [4.69, 9.17) is 9.84 Å². The van der Waals surface area contributed by atoms with Gasteiger partial charge in [-0.1, -0.05) is 0 Å². The van der Waals surface area contributed by atoms with E-state index in [1.165, 1.54) is 13.1 Å². The highest BCUT2D eigenvalue weighted by molar-refractivity contribution is 5.76. The minimum Gasteiger partial charge on any atom is -0.479 e. The zero-order valence-corrected chi connectivity index (χ0v) is 7.23. The molecule has 0 aliphatic carbocycles. The van der Waals surface area contributed by atoms with Gasteiger partial charge in [0.25, 0.3) is 0 Å². The van der Waals surface area contributed by atoms with Crippen molar-refractivity contribution in [3.63, 3.8) is 0 Å². The van der Waals surface area contributed by atoms with Crippen LogP contribution in [0.1, 0.15) is 12.6 Å². The Kier molecular flexibility index (Phi) is 3.33. The minimum atomic E-state index is -0.288. The lowest BCUT2D eigenvalue weighted by Gasteiger charge is -2.00. The van der Waals surface area contributed by atoms with Crippen LogP contribution in [0.25, 0.3) is 0 Å². The van der Waals surface area contributed by atoms with Gasteiger partial charge in [-0.15, -0.1) is 0 Å². The SMILES string of the molecule is CC(=O)COCc1ccnc(O)n1. The Labute approximate surface area is 75.4 Å². The van der Waals surface area contributed by atoms with Gasteiger partial charge < -0.3 is 9.84 Å². The summed E-state index contributed by atoms with van der Waals surface area (Å²) in [5.74, 6) is -0.0433. The predicted octanol–water partition coefficient (Wildman–Crippen LogP) is 0.288. The van der Waals surface area contributed by atoms with Gasteiger partial charge >= 0.3 is 6.01 Å². The van der Waals surface area contributed by atoms with Gasteiger partial charge in [0.1, 0.15) is 6.61 Å². The van der Waals surface area contributed by atoms with E-state index in [1.54, 1.807) is 6.07 Å². The lowest BCUT2D eigenvalue weighted by Crippen LogP contribution is -2.04. The van der Waals surface area contributed by atoms with Crippen LogP contribution in [-0.4, -0.2) is 27.5 Å². The first-order valence-corrected chi connectivity index (χ1v) is 3.76. The molecular formula is C8H10N2O3. The summed E-state index contributed by atoms with van der Waals surface area (Å²) in [6, 6.07) is 1.32. The topological polar surface area (TPSA) is 72.3 Å². The van der Waals surface area contributed by atoms with E-state index in [0.717, 1.165) is 0 Å². The van der Waals surface area contributed by atoms with Crippen molar-refractivity contribution in [1.82, 2.24) is 9.97 Å². The van der Waals surface area contributed by atoms with E-state index in [-0.39, 0.29) is 25.0 Å². The first-order valence-electron chi connectivity index (χ1n) is 3.76. The van der Waals surface area contributed by atoms with Crippen LogP contribution in [0.5, 0.6) is 6.01 Å². The Morgan fingerprint density at radius 2 is 2.46 bits per heavy atom. The molecule has 0 saturated heterocycles. The van der Waals surface area contributed by atoms with Crippen molar-refractivity contribution in [3.8, 4) is 6.01 Å². The maximum Gasteiger partial charge on any atom is 0.314 e. The molecule has 1 heterocycles. The number of carbonyl (C=O) groups excluding carboxylic acids is 1. The summed E-state index contributed by atoms with van der Waals surface area (Å²) in [6.07, 6.45) is 1.43. The van der Waals surface area contributed by atoms with Crippen LogP contribution < -0.4 is 0 Å². The number of aromatic hydroxyl groups is 1. The molecule has 0 fully saturated rings. The van der Waals surface area contributed by atoms with Crippen LogP contribution in [0.15, 0.2) is 12.3 Å². The summed E-state index contributed by atoms with van der Waals surface area (Å²) in [7, 11) is 0. The van der Waals surface area contributed by atoms with Crippen LogP contribution in [0.2, 0.25) is 0 Å². The lowest BCUT2D eigenvalue weighted by atomic mass is 10.4. The molecule has 70 valence electrons. The highest BCUT2D eigenvalue weighted by Crippen LogP contribution is 2.01. The van der Waals surface area contributed by atoms with Gasteiger partial charge in [0.15, 0.2) is 5.78 Å². The summed E-state index contributed by atoms with van der Waals surface area (Å²) in [6.45, 7) is 1.71. The molecule has 1 aromatic rings. The highest BCUT2D eigenvalue weighted by atomic mass is 16.5. The number of rotatable bonds is 4. The normalized spacial score (nSPS) is 9.92. The molecule has 0 saturated carbocycles. The molecule has 0 unspecified atom stereocenters. The van der Waals surface area contributed by atoms with Gasteiger partial charge in [-0.2, -0.15) is 4.98 Å². The number of nitrogens with zero attached hydrogens (tertiary/aromatic N) is 2. The zero-order valence-electron chi connectivity index (χ0n) is 7.23. The van der Waals surface area contributed by atoms with Crippen molar-refractivity contribution in [2.24, 2.45) is 0 Å². The van der Waals surface area contributed by atoms with Gasteiger partial charge in [0, 0.05) is 6.20 Å². The lowest BCUT2D eigenvalue weighted by molar-refractivity contribution is -0.121. The Hall–Kier alpha value is -1.49. The van der Waals surface area contributed by atoms with Crippen molar-refractivity contribution < 1.29 is 14.6 Å². The third-order valence-corrected chi connectivity index (χ3v) is 1.26. The summed E-state index contributed by atoms with van der Waals surface area (Å²) in [5, 5.41) is 8.88. The number of carbonyl (C=O) groups is 1. The first kappa shape index (κ1) is 9.60. The fourth-order valence-corrected chi connectivity index (χ4v) is 0.764. The molecule has 0 atom stereocenters. The maximum atomic E-state index is 10.5. The molecule has 1 rings (SSSR count). The van der Waals surface area contributed by atoms with E-state index in [0.29, 0.717) is 5.69 Å². The molecule has 13 heavy (non-hydrogen) atoms. The largest absolute Gasteiger partial charge is 0.479 e. The molecular weight excluding hydrogens is 172 g/mol. The van der Waals surface area contributed by atoms with Crippen LogP contribution in [0.4, 0.5) is 0 Å². The quantitative estimate of drug-likeness (QED) is 0.724. The second-order valence-electron chi connectivity index (χ2n) is 2.54. The van der Waals surface area contributed by atoms with Gasteiger partial charge in [0.05, 0.1) is 12.3 Å². The summed E-state index contributed by atoms with van der Waals surface area (Å²) in [4.78, 5) is 17.7. The number of ketones is 1. The fraction of sp³-hybridized carbons (Fsp3) is 0.375. The van der Waals surface area contributed by atoms with Crippen LogP contribution in [0.3, 0.4) is 0 Å². The Morgan fingerprint density at radius 3 is 3.08 bits per heavy atom. The Morgan fingerprint density at radius 1 is 1.69 bits per heavy atom. The molecule has 5 heteroatoms. The summed E-state index contributed by atoms with van der Waals surface area (Å²) < 4.78 is 4.99. The van der Waals surface area contributed by atoms with Crippen LogP contribution >= 0.6 is 0 Å². The van der Waals surface area contributed by atoms with Crippen molar-refractivity contribution >= 4 is 5.78 Å². The molecule has 0 radical (unpaired) electrons. The third-order valence-electron chi connectivity index (χ3n) is 1.26. The molecule has 5 nitrogen and oxygen atoms in total. The number of hydrogen-bond acceptors (Lipinski definition) is 5. The fourth-order valence-electron chi connectivity index (χ4n) is 0.764. The van der Waals surface area contributed by atoms with Crippen LogP contribution in [0, 0.1) is 0 Å². The smallest absolute Gasteiger partial charge is 0.314 e. The molecule has 0 aliphatic heterocycles. The van der Waals surface area contributed by atoms with Crippen molar-refractivity contribution in [1.29, 1.82) is 0 Å². The Bertz CT molecular complexity index is 301. The molecule has 0 aliphatic rings. The molecule has 1 aromatic heterocycles. The van der Waals surface area contributed by atoms with E-state index in [2.05, 4.69) is 9.97 Å². The monoisotopic (exact) mass is 182 g/mol. The van der Waals surface area contributed by atoms with Crippen molar-refractivity contribution in [2.75, 3.05) is 6.61 Å². The second-order valence-corrected chi connectivity index (χ2v) is 2.54. The van der Waals surface area contributed by atoms with Crippen molar-refractivity contribution in [2.45, 2.75) is 13.5 Å². The number of Topliss-reactive ketones (excluding diaryl/α,β-unsaturated/α-hetero) is 1. The van der Waals surface area contributed by atoms with E-state index in [9.17, 15) is 4.79 Å². The van der Waals surface area contributed by atoms with Crippen LogP contribution in [-0.2, 0) is 16.1 Å². The third kappa shape index (κ3) is 3.62. The number of hydrogen-bond donors (Lipinski definition) is 1. The summed E-state index contributed by atoms with van der Waals surface area (Å²) >= 11 is 0. The second kappa shape index (κ2) is 4.51. The predicted molar refractivity (Wildman–Crippen MR) is 44.0 cm³/mol. The first-order chi connectivity index (χ1) is 6.18. The molecule has 0 aromatic carbocycles. The minimum absolute atomic E-state index is 0.0433. The maximum absolute atomic E-state index is 10.5. The van der Waals surface area contributed by atoms with Gasteiger partial charge in [-0.25, -0.2) is 4.98 Å².